The van der Waals surface area contributed by atoms with Crippen molar-refractivity contribution >= 4 is 5.97 Å². The lowest BCUT2D eigenvalue weighted by Gasteiger charge is -1.95. The van der Waals surface area contributed by atoms with Crippen molar-refractivity contribution in [1.29, 1.82) is 0 Å². The minimum Gasteiger partial charge on any atom is -0.466 e. The molecule has 0 saturated heterocycles. The van der Waals surface area contributed by atoms with Gasteiger partial charge in [-0.2, -0.15) is 0 Å². The molecule has 0 rings (SSSR count). The van der Waals surface area contributed by atoms with Gasteiger partial charge in [0.05, 0.1) is 6.61 Å². The van der Waals surface area contributed by atoms with Crippen molar-refractivity contribution in [3.8, 4) is 0 Å². The van der Waals surface area contributed by atoms with Crippen LogP contribution in [0.15, 0.2) is 0 Å². The van der Waals surface area contributed by atoms with Gasteiger partial charge in [-0.05, 0) is 12.8 Å². The Morgan fingerprint density at radius 3 is 1.44 bits per heavy atom. The molecule has 0 fully saturated rings. The molecule has 0 saturated carbocycles. The van der Waals surface area contributed by atoms with Gasteiger partial charge in [0.25, 0.3) is 0 Å². The summed E-state index contributed by atoms with van der Waals surface area (Å²) < 4.78 is 4.40. The van der Waals surface area contributed by atoms with Crippen molar-refractivity contribution in [2.45, 2.75) is 87.0 Å². The molecule has 0 unspecified atom stereocenters. The highest BCUT2D eigenvalue weighted by Crippen LogP contribution is 2.00. The molecule has 0 amide bonds. The summed E-state index contributed by atoms with van der Waals surface area (Å²) >= 11 is 0. The lowest BCUT2D eigenvalue weighted by molar-refractivity contribution is -0.140. The van der Waals surface area contributed by atoms with Crippen LogP contribution in [0.2, 0.25) is 0 Å². The maximum absolute atomic E-state index is 9.82. The molecule has 0 aromatic carbocycles. The van der Waals surface area contributed by atoms with E-state index >= 15 is 0 Å². The van der Waals surface area contributed by atoms with Gasteiger partial charge in [-0.3, -0.25) is 4.79 Å². The zero-order valence-electron chi connectivity index (χ0n) is 13.8. The molecule has 0 aromatic heterocycles. The average Bonchev–Trinajstić information content (AvgIpc) is 2.27. The summed E-state index contributed by atoms with van der Waals surface area (Å²) in [7, 11) is 0. The van der Waals surface area contributed by atoms with E-state index in [4.69, 9.17) is 0 Å². The Balaban J connectivity index is -0.000000187. The van der Waals surface area contributed by atoms with Crippen molar-refractivity contribution in [3.63, 3.8) is 0 Å². The van der Waals surface area contributed by atoms with E-state index in [9.17, 15) is 4.79 Å². The topological polar surface area (TPSA) is 26.3 Å². The Labute approximate surface area is 116 Å². The van der Waals surface area contributed by atoms with Crippen molar-refractivity contribution in [3.05, 3.63) is 0 Å². The molecule has 18 heavy (non-hydrogen) atoms. The second kappa shape index (κ2) is 21.7. The monoisotopic (exact) mass is 260 g/mol. The van der Waals surface area contributed by atoms with Crippen molar-refractivity contribution in [2.24, 2.45) is 5.92 Å². The summed E-state index contributed by atoms with van der Waals surface area (Å²) in [6.07, 6.45) is 8.24. The summed E-state index contributed by atoms with van der Waals surface area (Å²) in [5.74, 6) is 0.688. The first-order valence-corrected chi connectivity index (χ1v) is 7.59. The fourth-order valence-corrected chi connectivity index (χ4v) is 1.28. The molecule has 0 aromatic rings. The van der Waals surface area contributed by atoms with E-state index in [-0.39, 0.29) is 5.97 Å². The normalized spacial score (nSPS) is 8.89. The van der Waals surface area contributed by atoms with Gasteiger partial charge in [-0.25, -0.2) is 0 Å². The van der Waals surface area contributed by atoms with Gasteiger partial charge in [-0.1, -0.05) is 73.1 Å². The molecule has 0 bridgehead atoms. The van der Waals surface area contributed by atoms with Crippen LogP contribution in [0.3, 0.4) is 0 Å². The van der Waals surface area contributed by atoms with E-state index < -0.39 is 0 Å². The molecular weight excluding hydrogens is 224 g/mol. The van der Waals surface area contributed by atoms with E-state index in [1.165, 1.54) is 45.4 Å². The van der Waals surface area contributed by atoms with E-state index in [1.807, 2.05) is 0 Å². The molecule has 0 aliphatic rings. The molecule has 0 atom stereocenters. The number of rotatable bonds is 6. The lowest BCUT2D eigenvalue weighted by atomic mass is 10.1. The Hall–Kier alpha value is -0.530. The SMILES string of the molecule is CCCC(C)C.CCCCCC.CCOC(C)=O. The molecule has 0 spiro atoms. The first-order valence-electron chi connectivity index (χ1n) is 7.59. The summed E-state index contributed by atoms with van der Waals surface area (Å²) in [6, 6.07) is 0. The van der Waals surface area contributed by atoms with E-state index in [0.29, 0.717) is 6.61 Å². The maximum atomic E-state index is 9.82. The minimum atomic E-state index is -0.211. The highest BCUT2D eigenvalue weighted by molar-refractivity contribution is 5.65. The number of ether oxygens (including phenoxy) is 1. The van der Waals surface area contributed by atoms with Crippen LogP contribution in [0.5, 0.6) is 0 Å². The standard InChI is InChI=1S/2C6H14.C4H8O2/c1-4-5-6(2)3;1-3-5-6-4-2;1-3-6-4(2)5/h6H,4-5H2,1-3H3;3-6H2,1-2H3;3H2,1-2H3. The average molecular weight is 260 g/mol. The third-order valence-electron chi connectivity index (χ3n) is 2.17. The van der Waals surface area contributed by atoms with E-state index in [0.717, 1.165) is 5.92 Å². The van der Waals surface area contributed by atoms with Gasteiger partial charge in [0.2, 0.25) is 0 Å². The largest absolute Gasteiger partial charge is 0.466 e. The predicted octanol–water partition coefficient (Wildman–Crippen LogP) is 5.60. The van der Waals surface area contributed by atoms with Crippen molar-refractivity contribution < 1.29 is 9.53 Å². The quantitative estimate of drug-likeness (QED) is 0.459. The zero-order valence-corrected chi connectivity index (χ0v) is 13.8. The minimum absolute atomic E-state index is 0.211. The number of esters is 1. The zero-order chi connectivity index (χ0) is 14.8. The summed E-state index contributed by atoms with van der Waals surface area (Å²) in [4.78, 5) is 9.82. The van der Waals surface area contributed by atoms with Gasteiger partial charge >= 0.3 is 5.97 Å². The van der Waals surface area contributed by atoms with Crippen LogP contribution < -0.4 is 0 Å². The second-order valence-electron chi connectivity index (χ2n) is 4.81. The Morgan fingerprint density at radius 2 is 1.39 bits per heavy atom. The van der Waals surface area contributed by atoms with Gasteiger partial charge in [0.15, 0.2) is 0 Å². The van der Waals surface area contributed by atoms with Crippen LogP contribution in [-0.4, -0.2) is 12.6 Å². The number of hydrogen-bond donors (Lipinski definition) is 0. The lowest BCUT2D eigenvalue weighted by Crippen LogP contribution is -1.95. The Morgan fingerprint density at radius 1 is 0.944 bits per heavy atom. The van der Waals surface area contributed by atoms with Crippen molar-refractivity contribution in [2.75, 3.05) is 6.61 Å². The summed E-state index contributed by atoms with van der Waals surface area (Å²) in [5.41, 5.74) is 0. The summed E-state index contributed by atoms with van der Waals surface area (Å²) in [6.45, 7) is 14.8. The molecular formula is C16H36O2. The first-order chi connectivity index (χ1) is 8.45. The molecule has 0 N–H and O–H groups in total. The fourth-order valence-electron chi connectivity index (χ4n) is 1.28. The van der Waals surface area contributed by atoms with Crippen molar-refractivity contribution in [1.82, 2.24) is 0 Å². The van der Waals surface area contributed by atoms with Crippen LogP contribution in [0.25, 0.3) is 0 Å². The Kier molecular flexibility index (Phi) is 27.3. The van der Waals surface area contributed by atoms with Gasteiger partial charge in [-0.15, -0.1) is 0 Å². The van der Waals surface area contributed by atoms with Crippen LogP contribution in [0.4, 0.5) is 0 Å². The van der Waals surface area contributed by atoms with Gasteiger partial charge < -0.3 is 4.74 Å². The van der Waals surface area contributed by atoms with Crippen LogP contribution in [0, 0.1) is 5.92 Å². The molecule has 0 aliphatic carbocycles. The maximum Gasteiger partial charge on any atom is 0.302 e. The second-order valence-corrected chi connectivity index (χ2v) is 4.81. The fraction of sp³-hybridized carbons (Fsp3) is 0.938. The number of unbranched alkanes of at least 4 members (excludes halogenated alkanes) is 3. The number of carbonyl (C=O) groups excluding carboxylic acids is 1. The molecule has 0 radical (unpaired) electrons. The third-order valence-corrected chi connectivity index (χ3v) is 2.17. The Bertz CT molecular complexity index is 138. The van der Waals surface area contributed by atoms with E-state index in [2.05, 4.69) is 39.4 Å². The van der Waals surface area contributed by atoms with E-state index in [1.54, 1.807) is 6.92 Å². The third kappa shape index (κ3) is 45.2. The van der Waals surface area contributed by atoms with Crippen LogP contribution >= 0.6 is 0 Å². The molecule has 2 nitrogen and oxygen atoms in total. The van der Waals surface area contributed by atoms with Gasteiger partial charge in [0.1, 0.15) is 0 Å². The smallest absolute Gasteiger partial charge is 0.302 e. The highest BCUT2D eigenvalue weighted by Gasteiger charge is 1.85. The molecule has 112 valence electrons. The molecule has 0 heterocycles. The molecule has 2 heteroatoms. The van der Waals surface area contributed by atoms with Crippen LogP contribution in [-0.2, 0) is 9.53 Å². The van der Waals surface area contributed by atoms with Crippen LogP contribution in [0.1, 0.15) is 87.0 Å². The summed E-state index contributed by atoms with van der Waals surface area (Å²) in [5, 5.41) is 0. The number of hydrogen-bond acceptors (Lipinski definition) is 2. The molecule has 0 aliphatic heterocycles. The predicted molar refractivity (Wildman–Crippen MR) is 81.9 cm³/mol. The number of carbonyl (C=O) groups is 1. The first kappa shape index (κ1) is 22.6. The highest BCUT2D eigenvalue weighted by atomic mass is 16.5. The van der Waals surface area contributed by atoms with Gasteiger partial charge in [0, 0.05) is 6.92 Å².